The zero-order chi connectivity index (χ0) is 29.1. The van der Waals surface area contributed by atoms with E-state index in [2.05, 4.69) is 15.7 Å². The second-order valence-electron chi connectivity index (χ2n) is 12.0. The predicted octanol–water partition coefficient (Wildman–Crippen LogP) is 4.98. The molecule has 1 aromatic carbocycles. The summed E-state index contributed by atoms with van der Waals surface area (Å²) in [6, 6.07) is 5.18. The Bertz CT molecular complexity index is 1220. The number of nitrogens with one attached hydrogen (secondary N) is 2. The van der Waals surface area contributed by atoms with Gasteiger partial charge in [0.25, 0.3) is 5.91 Å². The summed E-state index contributed by atoms with van der Waals surface area (Å²) < 4.78 is 42.9. The van der Waals surface area contributed by atoms with Crippen LogP contribution in [-0.4, -0.2) is 46.6 Å². The van der Waals surface area contributed by atoms with Crippen LogP contribution in [-0.2, 0) is 12.6 Å². The van der Waals surface area contributed by atoms with Gasteiger partial charge in [-0.1, -0.05) is 26.7 Å². The first-order valence-corrected chi connectivity index (χ1v) is 14.3. The van der Waals surface area contributed by atoms with Crippen LogP contribution < -0.4 is 22.1 Å². The highest BCUT2D eigenvalue weighted by atomic mass is 19.4. The van der Waals surface area contributed by atoms with E-state index in [0.29, 0.717) is 17.4 Å². The number of fused-ring (bicyclic) bond motifs is 1. The van der Waals surface area contributed by atoms with Gasteiger partial charge >= 0.3 is 6.18 Å². The zero-order valence-electron chi connectivity index (χ0n) is 23.4. The van der Waals surface area contributed by atoms with Gasteiger partial charge in [-0.05, 0) is 81.6 Å². The topological polar surface area (TPSA) is 128 Å². The molecule has 1 aromatic heterocycles. The fraction of sp³-hybridized carbons (Fsp3) is 0.621. The molecule has 1 amide bonds. The number of unbranched alkanes of at least 4 members (excludes halogenated alkanes) is 3. The number of nitrogens with two attached hydrogens (primary N) is 2. The fourth-order valence-corrected chi connectivity index (χ4v) is 5.95. The first-order chi connectivity index (χ1) is 18.9. The van der Waals surface area contributed by atoms with Crippen LogP contribution in [0.4, 0.5) is 18.9 Å². The van der Waals surface area contributed by atoms with E-state index in [9.17, 15) is 22.8 Å². The standard InChI is InChI=1S/C29H41F3N6O2/c1-28(2)16-23-25(24(39)17-28)26(29(30,31)32)37-38(23)20-11-12-21(27(34)40)22(15-20)36-19-9-7-18(8-10-19)35-14-6-4-3-5-13-33/h11-12,15,18-19,35-36H,3-10,13-14,16-17,33H2,1-2H3,(H2,34,40)/t18-,19-. The molecule has 0 bridgehead atoms. The van der Waals surface area contributed by atoms with Gasteiger partial charge in [0.1, 0.15) is 0 Å². The second-order valence-corrected chi connectivity index (χ2v) is 12.0. The maximum Gasteiger partial charge on any atom is 0.435 e. The van der Waals surface area contributed by atoms with Crippen molar-refractivity contribution in [1.29, 1.82) is 0 Å². The van der Waals surface area contributed by atoms with Crippen molar-refractivity contribution in [3.05, 3.63) is 40.7 Å². The van der Waals surface area contributed by atoms with Crippen molar-refractivity contribution in [3.8, 4) is 5.69 Å². The normalized spacial score (nSPS) is 20.8. The molecule has 40 heavy (non-hydrogen) atoms. The SMILES string of the molecule is CC1(C)CC(=O)c2c(C(F)(F)F)nn(-c3ccc(C(N)=O)c(N[C@H]4CC[C@H](NCCCCCCN)CC4)c3)c2C1. The number of aromatic nitrogens is 2. The average Bonchev–Trinajstić information content (AvgIpc) is 3.26. The number of carbonyl (C=O) groups excluding carboxylic acids is 2. The summed E-state index contributed by atoms with van der Waals surface area (Å²) in [4.78, 5) is 25.0. The van der Waals surface area contributed by atoms with Crippen LogP contribution >= 0.6 is 0 Å². The number of hydrogen-bond acceptors (Lipinski definition) is 6. The Morgan fingerprint density at radius 2 is 1.75 bits per heavy atom. The number of halogens is 3. The molecule has 2 aliphatic rings. The van der Waals surface area contributed by atoms with Crippen molar-refractivity contribution in [2.75, 3.05) is 18.4 Å². The van der Waals surface area contributed by atoms with Crippen molar-refractivity contribution in [3.63, 3.8) is 0 Å². The third-order valence-electron chi connectivity index (χ3n) is 7.98. The molecule has 1 heterocycles. The molecule has 0 spiro atoms. The number of rotatable bonds is 11. The van der Waals surface area contributed by atoms with E-state index in [1.54, 1.807) is 6.07 Å². The van der Waals surface area contributed by atoms with Crippen LogP contribution in [0.2, 0.25) is 0 Å². The van der Waals surface area contributed by atoms with E-state index < -0.39 is 29.0 Å². The van der Waals surface area contributed by atoms with Gasteiger partial charge in [0, 0.05) is 24.2 Å². The number of alkyl halides is 3. The van der Waals surface area contributed by atoms with Crippen molar-refractivity contribution in [2.45, 2.75) is 96.3 Å². The molecule has 2 aromatic rings. The van der Waals surface area contributed by atoms with Gasteiger partial charge in [0.15, 0.2) is 11.5 Å². The minimum atomic E-state index is -4.77. The lowest BCUT2D eigenvalue weighted by molar-refractivity contribution is -0.141. The highest BCUT2D eigenvalue weighted by Crippen LogP contribution is 2.42. The summed E-state index contributed by atoms with van der Waals surface area (Å²) in [6.07, 6.45) is 3.75. The molecule has 1 fully saturated rings. The number of hydrogen-bond donors (Lipinski definition) is 4. The Labute approximate surface area is 233 Å². The van der Waals surface area contributed by atoms with Gasteiger partial charge < -0.3 is 22.1 Å². The zero-order valence-corrected chi connectivity index (χ0v) is 23.4. The highest BCUT2D eigenvalue weighted by molar-refractivity contribution is 6.00. The molecule has 4 rings (SSSR count). The first-order valence-electron chi connectivity index (χ1n) is 14.3. The second kappa shape index (κ2) is 12.3. The van der Waals surface area contributed by atoms with Crippen molar-refractivity contribution in [1.82, 2.24) is 15.1 Å². The number of anilines is 1. The molecule has 1 saturated carbocycles. The number of amides is 1. The summed E-state index contributed by atoms with van der Waals surface area (Å²) >= 11 is 0. The molecule has 2 aliphatic carbocycles. The van der Waals surface area contributed by atoms with Gasteiger partial charge in [-0.2, -0.15) is 18.3 Å². The summed E-state index contributed by atoms with van der Waals surface area (Å²) in [5, 5.41) is 10.9. The minimum absolute atomic E-state index is 0.0218. The van der Waals surface area contributed by atoms with E-state index in [4.69, 9.17) is 11.5 Å². The molecule has 11 heteroatoms. The molecule has 8 nitrogen and oxygen atoms in total. The summed E-state index contributed by atoms with van der Waals surface area (Å²) in [7, 11) is 0. The Kier molecular flexibility index (Phi) is 9.24. The molecule has 220 valence electrons. The Morgan fingerprint density at radius 3 is 2.40 bits per heavy atom. The molecular formula is C29H41F3N6O2. The molecule has 0 radical (unpaired) electrons. The van der Waals surface area contributed by atoms with E-state index in [-0.39, 0.29) is 35.7 Å². The summed E-state index contributed by atoms with van der Waals surface area (Å²) in [6.45, 7) is 5.43. The smallest absolute Gasteiger partial charge is 0.382 e. The monoisotopic (exact) mass is 562 g/mol. The Balaban J connectivity index is 1.52. The van der Waals surface area contributed by atoms with E-state index in [0.717, 1.165) is 58.0 Å². The van der Waals surface area contributed by atoms with E-state index >= 15 is 0 Å². The highest BCUT2D eigenvalue weighted by Gasteiger charge is 2.45. The van der Waals surface area contributed by atoms with Crippen LogP contribution in [0.3, 0.4) is 0 Å². The number of carbonyl (C=O) groups is 2. The largest absolute Gasteiger partial charge is 0.435 e. The lowest BCUT2D eigenvalue weighted by Crippen LogP contribution is -2.37. The lowest BCUT2D eigenvalue weighted by atomic mass is 9.75. The Morgan fingerprint density at radius 1 is 1.07 bits per heavy atom. The minimum Gasteiger partial charge on any atom is -0.382 e. The van der Waals surface area contributed by atoms with E-state index in [1.165, 1.54) is 23.2 Å². The van der Waals surface area contributed by atoms with Gasteiger partial charge in [-0.25, -0.2) is 4.68 Å². The maximum atomic E-state index is 13.9. The Hall–Kier alpha value is -2.92. The molecule has 0 aliphatic heterocycles. The third kappa shape index (κ3) is 7.04. The predicted molar refractivity (Wildman–Crippen MR) is 149 cm³/mol. The van der Waals surface area contributed by atoms with Crippen molar-refractivity contribution in [2.24, 2.45) is 16.9 Å². The molecule has 6 N–H and O–H groups in total. The lowest BCUT2D eigenvalue weighted by Gasteiger charge is -2.31. The quantitative estimate of drug-likeness (QED) is 0.286. The van der Waals surface area contributed by atoms with Gasteiger partial charge in [-0.3, -0.25) is 9.59 Å². The first kappa shape index (κ1) is 30.0. The number of ketones is 1. The number of benzene rings is 1. The van der Waals surface area contributed by atoms with Crippen LogP contribution in [0.5, 0.6) is 0 Å². The van der Waals surface area contributed by atoms with E-state index in [1.807, 2.05) is 13.8 Å². The average molecular weight is 563 g/mol. The molecular weight excluding hydrogens is 521 g/mol. The summed E-state index contributed by atoms with van der Waals surface area (Å²) in [5.41, 5.74) is 10.5. The third-order valence-corrected chi connectivity index (χ3v) is 7.98. The van der Waals surface area contributed by atoms with Crippen LogP contribution in [0.1, 0.15) is 104 Å². The van der Waals surface area contributed by atoms with Gasteiger partial charge in [0.2, 0.25) is 0 Å². The van der Waals surface area contributed by atoms with Gasteiger partial charge in [-0.15, -0.1) is 0 Å². The van der Waals surface area contributed by atoms with Gasteiger partial charge in [0.05, 0.1) is 22.5 Å². The summed E-state index contributed by atoms with van der Waals surface area (Å²) in [5.74, 6) is -1.19. The fourth-order valence-electron chi connectivity index (χ4n) is 5.95. The van der Waals surface area contributed by atoms with Crippen LogP contribution in [0.15, 0.2) is 18.2 Å². The maximum absolute atomic E-state index is 13.9. The van der Waals surface area contributed by atoms with Crippen molar-refractivity contribution >= 4 is 17.4 Å². The van der Waals surface area contributed by atoms with Crippen molar-refractivity contribution < 1.29 is 22.8 Å². The molecule has 0 unspecified atom stereocenters. The van der Waals surface area contributed by atoms with Crippen LogP contribution in [0.25, 0.3) is 5.69 Å². The number of nitrogens with zero attached hydrogens (tertiary/aromatic N) is 2. The molecule has 0 atom stereocenters. The molecule has 0 saturated heterocycles. The van der Waals surface area contributed by atoms with Crippen LogP contribution in [0, 0.1) is 5.41 Å². The number of Topliss-reactive ketones (excluding diaryl/α,β-unsaturated/α-hetero) is 1. The number of primary amides is 1.